The predicted molar refractivity (Wildman–Crippen MR) is 86.0 cm³/mol. The summed E-state index contributed by atoms with van der Waals surface area (Å²) >= 11 is 6.05. The average Bonchev–Trinajstić information content (AvgIpc) is 2.50. The summed E-state index contributed by atoms with van der Waals surface area (Å²) in [6.45, 7) is 6.92. The van der Waals surface area contributed by atoms with Crippen molar-refractivity contribution in [2.24, 2.45) is 11.8 Å². The topological polar surface area (TPSA) is 46.6 Å². The molecule has 0 spiro atoms. The van der Waals surface area contributed by atoms with E-state index in [1.54, 1.807) is 12.1 Å². The van der Waals surface area contributed by atoms with Crippen LogP contribution in [0.4, 0.5) is 0 Å². The molecular weight excluding hydrogens is 302 g/mol. The molecule has 1 aromatic carbocycles. The lowest BCUT2D eigenvalue weighted by Gasteiger charge is -2.32. The summed E-state index contributed by atoms with van der Waals surface area (Å²) in [7, 11) is 0. The largest absolute Gasteiger partial charge is 0.425 e. The summed E-state index contributed by atoms with van der Waals surface area (Å²) in [4.78, 5) is 26.0. The first-order chi connectivity index (χ1) is 10.4. The Balaban J connectivity index is 1.93. The SMILES string of the molecule is Cc1ccc(Cl)c(OC(=O)C2CCN(C(=O)C(C)C)CC2)c1. The van der Waals surface area contributed by atoms with Crippen molar-refractivity contribution in [2.45, 2.75) is 33.6 Å². The zero-order valence-corrected chi connectivity index (χ0v) is 14.0. The average molecular weight is 324 g/mol. The van der Waals surface area contributed by atoms with Gasteiger partial charge in [0.15, 0.2) is 0 Å². The monoisotopic (exact) mass is 323 g/mol. The molecule has 0 radical (unpaired) electrons. The number of ether oxygens (including phenoxy) is 1. The smallest absolute Gasteiger partial charge is 0.314 e. The van der Waals surface area contributed by atoms with E-state index in [0.717, 1.165) is 5.56 Å². The van der Waals surface area contributed by atoms with Crippen molar-refractivity contribution in [1.29, 1.82) is 0 Å². The molecule has 2 rings (SSSR count). The maximum atomic E-state index is 12.3. The van der Waals surface area contributed by atoms with Crippen molar-refractivity contribution >= 4 is 23.5 Å². The quantitative estimate of drug-likeness (QED) is 0.632. The number of piperidine rings is 1. The zero-order chi connectivity index (χ0) is 16.3. The fourth-order valence-electron chi connectivity index (χ4n) is 2.58. The molecule has 1 saturated heterocycles. The molecule has 0 aromatic heterocycles. The number of likely N-dealkylation sites (tertiary alicyclic amines) is 1. The molecule has 0 aliphatic carbocycles. The van der Waals surface area contributed by atoms with Gasteiger partial charge in [0, 0.05) is 19.0 Å². The van der Waals surface area contributed by atoms with Crippen molar-refractivity contribution in [3.05, 3.63) is 28.8 Å². The Morgan fingerprint density at radius 3 is 2.50 bits per heavy atom. The molecule has 1 aromatic rings. The number of hydrogen-bond acceptors (Lipinski definition) is 3. The van der Waals surface area contributed by atoms with Gasteiger partial charge in [-0.1, -0.05) is 31.5 Å². The van der Waals surface area contributed by atoms with E-state index in [0.29, 0.717) is 36.7 Å². The summed E-state index contributed by atoms with van der Waals surface area (Å²) in [6.07, 6.45) is 1.28. The van der Waals surface area contributed by atoms with Gasteiger partial charge in [-0.05, 0) is 37.5 Å². The number of halogens is 1. The number of rotatable bonds is 3. The molecule has 1 heterocycles. The maximum Gasteiger partial charge on any atom is 0.314 e. The Bertz CT molecular complexity index is 563. The number of aryl methyl sites for hydroxylation is 1. The van der Waals surface area contributed by atoms with Gasteiger partial charge in [0.05, 0.1) is 10.9 Å². The van der Waals surface area contributed by atoms with Crippen molar-refractivity contribution in [1.82, 2.24) is 4.90 Å². The Kier molecular flexibility index (Phi) is 5.46. The molecule has 4 nitrogen and oxygen atoms in total. The normalized spacial score (nSPS) is 16.0. The molecule has 22 heavy (non-hydrogen) atoms. The number of amides is 1. The lowest BCUT2D eigenvalue weighted by molar-refractivity contribution is -0.144. The molecule has 1 aliphatic heterocycles. The molecule has 0 N–H and O–H groups in total. The summed E-state index contributed by atoms with van der Waals surface area (Å²) in [5, 5.41) is 0.436. The van der Waals surface area contributed by atoms with Crippen LogP contribution in [0.25, 0.3) is 0 Å². The van der Waals surface area contributed by atoms with Gasteiger partial charge < -0.3 is 9.64 Å². The number of carbonyl (C=O) groups is 2. The van der Waals surface area contributed by atoms with E-state index in [4.69, 9.17) is 16.3 Å². The van der Waals surface area contributed by atoms with Gasteiger partial charge in [-0.2, -0.15) is 0 Å². The van der Waals surface area contributed by atoms with E-state index < -0.39 is 0 Å². The van der Waals surface area contributed by atoms with E-state index in [9.17, 15) is 9.59 Å². The highest BCUT2D eigenvalue weighted by atomic mass is 35.5. The van der Waals surface area contributed by atoms with Crippen molar-refractivity contribution < 1.29 is 14.3 Å². The minimum absolute atomic E-state index is 0.00500. The maximum absolute atomic E-state index is 12.3. The zero-order valence-electron chi connectivity index (χ0n) is 13.3. The molecule has 1 amide bonds. The van der Waals surface area contributed by atoms with Crippen molar-refractivity contribution in [3.8, 4) is 5.75 Å². The summed E-state index contributed by atoms with van der Waals surface area (Å²) < 4.78 is 5.43. The molecule has 0 saturated carbocycles. The van der Waals surface area contributed by atoms with E-state index in [1.807, 2.05) is 31.7 Å². The van der Waals surface area contributed by atoms with Gasteiger partial charge in [0.1, 0.15) is 5.75 Å². The van der Waals surface area contributed by atoms with Gasteiger partial charge in [0.25, 0.3) is 0 Å². The van der Waals surface area contributed by atoms with Crippen molar-refractivity contribution in [2.75, 3.05) is 13.1 Å². The first-order valence-electron chi connectivity index (χ1n) is 7.65. The van der Waals surface area contributed by atoms with Crippen LogP contribution in [0, 0.1) is 18.8 Å². The second kappa shape index (κ2) is 7.14. The first-order valence-corrected chi connectivity index (χ1v) is 8.03. The summed E-state index contributed by atoms with van der Waals surface area (Å²) in [6, 6.07) is 5.36. The Morgan fingerprint density at radius 2 is 1.91 bits per heavy atom. The molecule has 1 aliphatic rings. The highest BCUT2D eigenvalue weighted by molar-refractivity contribution is 6.32. The minimum Gasteiger partial charge on any atom is -0.425 e. The van der Waals surface area contributed by atoms with Crippen LogP contribution in [-0.2, 0) is 9.59 Å². The fourth-order valence-corrected chi connectivity index (χ4v) is 2.74. The minimum atomic E-state index is -0.260. The van der Waals surface area contributed by atoms with E-state index in [1.165, 1.54) is 0 Å². The number of hydrogen-bond donors (Lipinski definition) is 0. The van der Waals surface area contributed by atoms with Crippen LogP contribution < -0.4 is 4.74 Å². The molecular formula is C17H22ClNO3. The number of carbonyl (C=O) groups excluding carboxylic acids is 2. The highest BCUT2D eigenvalue weighted by Gasteiger charge is 2.29. The van der Waals surface area contributed by atoms with Gasteiger partial charge in [-0.3, -0.25) is 9.59 Å². The summed E-state index contributed by atoms with van der Waals surface area (Å²) in [5.41, 5.74) is 0.990. The van der Waals surface area contributed by atoms with Crippen LogP contribution in [0.2, 0.25) is 5.02 Å². The number of benzene rings is 1. The predicted octanol–water partition coefficient (Wildman–Crippen LogP) is 3.45. The molecule has 0 bridgehead atoms. The van der Waals surface area contributed by atoms with E-state index in [2.05, 4.69) is 0 Å². The lowest BCUT2D eigenvalue weighted by atomic mass is 9.96. The second-order valence-corrected chi connectivity index (χ2v) is 6.52. The third kappa shape index (κ3) is 4.01. The van der Waals surface area contributed by atoms with Crippen LogP contribution >= 0.6 is 11.6 Å². The number of esters is 1. The molecule has 0 unspecified atom stereocenters. The Hall–Kier alpha value is -1.55. The number of nitrogens with zero attached hydrogens (tertiary/aromatic N) is 1. The second-order valence-electron chi connectivity index (χ2n) is 6.11. The van der Waals surface area contributed by atoms with Crippen LogP contribution in [0.15, 0.2) is 18.2 Å². The molecule has 0 atom stereocenters. The van der Waals surface area contributed by atoms with E-state index in [-0.39, 0.29) is 23.7 Å². The lowest BCUT2D eigenvalue weighted by Crippen LogP contribution is -2.42. The Morgan fingerprint density at radius 1 is 1.27 bits per heavy atom. The molecule has 120 valence electrons. The molecule has 1 fully saturated rings. The van der Waals surface area contributed by atoms with Gasteiger partial charge in [-0.25, -0.2) is 0 Å². The molecule has 5 heteroatoms. The van der Waals surface area contributed by atoms with Crippen LogP contribution in [0.3, 0.4) is 0 Å². The van der Waals surface area contributed by atoms with Crippen LogP contribution in [-0.4, -0.2) is 29.9 Å². The first kappa shape index (κ1) is 16.8. The van der Waals surface area contributed by atoms with Crippen molar-refractivity contribution in [3.63, 3.8) is 0 Å². The third-order valence-electron chi connectivity index (χ3n) is 3.93. The van der Waals surface area contributed by atoms with Gasteiger partial charge in [0.2, 0.25) is 5.91 Å². The Labute approximate surface area is 136 Å². The highest BCUT2D eigenvalue weighted by Crippen LogP contribution is 2.28. The van der Waals surface area contributed by atoms with E-state index >= 15 is 0 Å². The fraction of sp³-hybridized carbons (Fsp3) is 0.529. The van der Waals surface area contributed by atoms with Gasteiger partial charge in [-0.15, -0.1) is 0 Å². The van der Waals surface area contributed by atoms with Gasteiger partial charge >= 0.3 is 5.97 Å². The van der Waals surface area contributed by atoms with Crippen LogP contribution in [0.1, 0.15) is 32.3 Å². The third-order valence-corrected chi connectivity index (χ3v) is 4.24. The summed E-state index contributed by atoms with van der Waals surface area (Å²) in [5.74, 6) is 0.118. The van der Waals surface area contributed by atoms with Crippen LogP contribution in [0.5, 0.6) is 5.75 Å². The standard InChI is InChI=1S/C17H22ClNO3/c1-11(2)16(20)19-8-6-13(7-9-19)17(21)22-15-10-12(3)4-5-14(15)18/h4-5,10-11,13H,6-9H2,1-3H3.